The summed E-state index contributed by atoms with van der Waals surface area (Å²) in [5.74, 6) is -3.15. The molecule has 9 nitrogen and oxygen atoms in total. The highest BCUT2D eigenvalue weighted by Crippen LogP contribution is 2.17. The van der Waals surface area contributed by atoms with E-state index in [2.05, 4.69) is 0 Å². The van der Waals surface area contributed by atoms with Gasteiger partial charge in [-0.3, -0.25) is 9.59 Å². The molecule has 2 N–H and O–H groups in total. The van der Waals surface area contributed by atoms with Crippen molar-refractivity contribution < 1.29 is 43.6 Å². The zero-order chi connectivity index (χ0) is 28.1. The van der Waals surface area contributed by atoms with Gasteiger partial charge in [0.1, 0.15) is 18.0 Å². The zero-order valence-electron chi connectivity index (χ0n) is 23.0. The van der Waals surface area contributed by atoms with Crippen molar-refractivity contribution in [2.75, 3.05) is 0 Å². The lowest BCUT2D eigenvalue weighted by Gasteiger charge is -2.17. The summed E-state index contributed by atoms with van der Waals surface area (Å²) in [4.78, 5) is 48.4. The second-order valence-corrected chi connectivity index (χ2v) is 9.13. The average molecular weight is 527 g/mol. The monoisotopic (exact) mass is 526 g/mol. The van der Waals surface area contributed by atoms with Crippen molar-refractivity contribution in [2.45, 2.75) is 130 Å². The number of allylic oxidation sites excluding steroid dienone is 2. The van der Waals surface area contributed by atoms with Gasteiger partial charge in [-0.2, -0.15) is 0 Å². The lowest BCUT2D eigenvalue weighted by molar-refractivity contribution is -0.150. The molecule has 0 aromatic heterocycles. The normalized spacial score (nSPS) is 13.5. The molecule has 0 aromatic rings. The Bertz CT molecular complexity index is 755. The largest absolute Gasteiger partial charge is 0.512 e. The Labute approximate surface area is 221 Å². The van der Waals surface area contributed by atoms with Crippen LogP contribution in [0.15, 0.2) is 23.7 Å². The first kappa shape index (κ1) is 34.2. The maximum Gasteiger partial charge on any atom is 0.334 e. The van der Waals surface area contributed by atoms with E-state index in [1.807, 2.05) is 27.7 Å². The molecule has 0 amide bonds. The van der Waals surface area contributed by atoms with Crippen LogP contribution in [0.5, 0.6) is 0 Å². The van der Waals surface area contributed by atoms with E-state index in [-0.39, 0.29) is 24.4 Å². The number of carbonyl (C=O) groups is 4. The van der Waals surface area contributed by atoms with Crippen LogP contribution in [0.25, 0.3) is 0 Å². The fraction of sp³-hybridized carbons (Fsp3) is 0.714. The highest BCUT2D eigenvalue weighted by atomic mass is 16.6. The van der Waals surface area contributed by atoms with Gasteiger partial charge in [0.05, 0.1) is 30.8 Å². The van der Waals surface area contributed by atoms with Crippen LogP contribution in [0, 0.1) is 0 Å². The standard InChI is InChI=1S/C28H46O9/c1-5-9-11-15-23(18-25(30)31)36-28(34)20-24(16-12-10-6-2)37-27(33)19-22(14-8-4)35-26(32)17-21(29)13-7-3/h17,20,22-23,29H,5-16,18-19H2,1-4H3,(H,30,31). The molecule has 0 bridgehead atoms. The molecule has 0 spiro atoms. The number of hydrogen-bond donors (Lipinski definition) is 2. The van der Waals surface area contributed by atoms with E-state index in [9.17, 15) is 24.3 Å². The third-order valence-corrected chi connectivity index (χ3v) is 5.44. The van der Waals surface area contributed by atoms with Crippen molar-refractivity contribution in [1.29, 1.82) is 0 Å². The van der Waals surface area contributed by atoms with Crippen LogP contribution in [0.2, 0.25) is 0 Å². The fourth-order valence-corrected chi connectivity index (χ4v) is 3.61. The first-order valence-electron chi connectivity index (χ1n) is 13.6. The summed E-state index contributed by atoms with van der Waals surface area (Å²) >= 11 is 0. The number of ether oxygens (including phenoxy) is 3. The Morgan fingerprint density at radius 1 is 0.676 bits per heavy atom. The van der Waals surface area contributed by atoms with Gasteiger partial charge in [-0.25, -0.2) is 9.59 Å². The summed E-state index contributed by atoms with van der Waals surface area (Å²) in [6.07, 6.45) is 8.09. The van der Waals surface area contributed by atoms with Crippen molar-refractivity contribution in [1.82, 2.24) is 0 Å². The zero-order valence-corrected chi connectivity index (χ0v) is 23.0. The minimum atomic E-state index is -1.05. The molecule has 0 aromatic carbocycles. The van der Waals surface area contributed by atoms with E-state index in [1.165, 1.54) is 0 Å². The number of aliphatic carboxylic acids is 1. The smallest absolute Gasteiger partial charge is 0.334 e. The Kier molecular flexibility index (Phi) is 19.6. The van der Waals surface area contributed by atoms with Crippen LogP contribution < -0.4 is 0 Å². The molecule has 0 saturated heterocycles. The minimum absolute atomic E-state index is 0.0825. The van der Waals surface area contributed by atoms with E-state index in [0.717, 1.165) is 44.3 Å². The molecule has 2 atom stereocenters. The Morgan fingerprint density at radius 3 is 1.84 bits per heavy atom. The highest BCUT2D eigenvalue weighted by Gasteiger charge is 2.21. The summed E-state index contributed by atoms with van der Waals surface area (Å²) in [6, 6.07) is 0. The Morgan fingerprint density at radius 2 is 1.27 bits per heavy atom. The second kappa shape index (κ2) is 21.3. The average Bonchev–Trinajstić information content (AvgIpc) is 2.78. The maximum absolute atomic E-state index is 12.7. The number of carboxylic acids is 1. The van der Waals surface area contributed by atoms with E-state index >= 15 is 0 Å². The van der Waals surface area contributed by atoms with Crippen molar-refractivity contribution in [2.24, 2.45) is 0 Å². The van der Waals surface area contributed by atoms with Crippen LogP contribution in [-0.2, 0) is 33.4 Å². The van der Waals surface area contributed by atoms with Gasteiger partial charge in [0, 0.05) is 12.8 Å². The molecule has 212 valence electrons. The summed E-state index contributed by atoms with van der Waals surface area (Å²) in [7, 11) is 0. The predicted molar refractivity (Wildman–Crippen MR) is 140 cm³/mol. The highest BCUT2D eigenvalue weighted by molar-refractivity contribution is 5.84. The van der Waals surface area contributed by atoms with Gasteiger partial charge >= 0.3 is 23.9 Å². The van der Waals surface area contributed by atoms with Crippen molar-refractivity contribution in [3.63, 3.8) is 0 Å². The molecule has 0 rings (SSSR count). The van der Waals surface area contributed by atoms with E-state index in [0.29, 0.717) is 44.9 Å². The number of aliphatic hydroxyl groups excluding tert-OH is 1. The molecule has 0 aliphatic heterocycles. The molecule has 0 aliphatic rings. The van der Waals surface area contributed by atoms with Crippen LogP contribution in [-0.4, -0.2) is 46.3 Å². The molecule has 0 heterocycles. The second-order valence-electron chi connectivity index (χ2n) is 9.13. The predicted octanol–water partition coefficient (Wildman–Crippen LogP) is 6.30. The van der Waals surface area contributed by atoms with E-state index in [4.69, 9.17) is 19.3 Å². The third kappa shape index (κ3) is 19.0. The van der Waals surface area contributed by atoms with E-state index < -0.39 is 36.1 Å². The number of esters is 3. The summed E-state index contributed by atoms with van der Waals surface area (Å²) < 4.78 is 16.2. The third-order valence-electron chi connectivity index (χ3n) is 5.44. The van der Waals surface area contributed by atoms with Crippen LogP contribution >= 0.6 is 0 Å². The van der Waals surface area contributed by atoms with E-state index in [1.54, 1.807) is 0 Å². The molecule has 0 radical (unpaired) electrons. The molecule has 0 fully saturated rings. The maximum atomic E-state index is 12.7. The van der Waals surface area contributed by atoms with Gasteiger partial charge in [0.2, 0.25) is 0 Å². The number of rotatable bonds is 21. The number of aliphatic hydroxyl groups is 1. The first-order chi connectivity index (χ1) is 17.6. The van der Waals surface area contributed by atoms with Gasteiger partial charge in [-0.15, -0.1) is 0 Å². The lowest BCUT2D eigenvalue weighted by atomic mass is 10.1. The lowest BCUT2D eigenvalue weighted by Crippen LogP contribution is -2.23. The van der Waals surface area contributed by atoms with Crippen LogP contribution in [0.3, 0.4) is 0 Å². The Balaban J connectivity index is 5.32. The number of carboxylic acid groups (broad SMARTS) is 1. The molecule has 9 heteroatoms. The van der Waals surface area contributed by atoms with Gasteiger partial charge in [0.25, 0.3) is 0 Å². The van der Waals surface area contributed by atoms with Gasteiger partial charge in [-0.05, 0) is 32.1 Å². The van der Waals surface area contributed by atoms with Crippen LogP contribution in [0.1, 0.15) is 118 Å². The molecular formula is C28H46O9. The molecule has 0 saturated carbocycles. The molecule has 37 heavy (non-hydrogen) atoms. The minimum Gasteiger partial charge on any atom is -0.512 e. The topological polar surface area (TPSA) is 136 Å². The van der Waals surface area contributed by atoms with Gasteiger partial charge in [0.15, 0.2) is 0 Å². The number of unbranched alkanes of at least 4 members (excludes halogenated alkanes) is 4. The summed E-state index contributed by atoms with van der Waals surface area (Å²) in [6.45, 7) is 7.80. The number of hydrogen-bond acceptors (Lipinski definition) is 8. The summed E-state index contributed by atoms with van der Waals surface area (Å²) in [5.41, 5.74) is 0. The molecular weight excluding hydrogens is 480 g/mol. The van der Waals surface area contributed by atoms with Crippen molar-refractivity contribution in [3.8, 4) is 0 Å². The molecule has 0 aliphatic carbocycles. The van der Waals surface area contributed by atoms with Gasteiger partial charge in [-0.1, -0.05) is 59.8 Å². The molecule has 2 unspecified atom stereocenters. The Hall–Kier alpha value is -2.84. The fourth-order valence-electron chi connectivity index (χ4n) is 3.61. The number of carbonyl (C=O) groups excluding carboxylic acids is 3. The first-order valence-corrected chi connectivity index (χ1v) is 13.6. The SMILES string of the molecule is CCCCCC(=CC(=O)OC(CCCCC)CC(=O)O)OC(=O)CC(CCC)OC(=O)C=C(O)CCC. The van der Waals surface area contributed by atoms with Crippen LogP contribution in [0.4, 0.5) is 0 Å². The summed E-state index contributed by atoms with van der Waals surface area (Å²) in [5, 5.41) is 18.8. The van der Waals surface area contributed by atoms with Crippen molar-refractivity contribution in [3.05, 3.63) is 23.7 Å². The quantitative estimate of drug-likeness (QED) is 0.0580. The van der Waals surface area contributed by atoms with Gasteiger partial charge < -0.3 is 24.4 Å². The van der Waals surface area contributed by atoms with Crippen molar-refractivity contribution >= 4 is 23.9 Å².